The van der Waals surface area contributed by atoms with E-state index in [9.17, 15) is 4.39 Å². The summed E-state index contributed by atoms with van der Waals surface area (Å²) < 4.78 is 15.9. The normalized spacial score (nSPS) is 15.4. The lowest BCUT2D eigenvalue weighted by Crippen LogP contribution is -2.26. The van der Waals surface area contributed by atoms with E-state index in [0.29, 0.717) is 6.04 Å². The summed E-state index contributed by atoms with van der Waals surface area (Å²) in [7, 11) is 2.18. The van der Waals surface area contributed by atoms with Gasteiger partial charge in [-0.3, -0.25) is 4.98 Å². The number of pyridine rings is 1. The predicted octanol–water partition coefficient (Wildman–Crippen LogP) is 5.37. The third-order valence-electron chi connectivity index (χ3n) is 5.94. The molecule has 0 saturated heterocycles. The minimum absolute atomic E-state index is 0.235. The van der Waals surface area contributed by atoms with Crippen molar-refractivity contribution >= 4 is 0 Å². The van der Waals surface area contributed by atoms with Gasteiger partial charge in [0.05, 0.1) is 11.4 Å². The highest BCUT2D eigenvalue weighted by Gasteiger charge is 2.30. The summed E-state index contributed by atoms with van der Waals surface area (Å²) >= 11 is 0. The lowest BCUT2D eigenvalue weighted by molar-refractivity contribution is 0.274. The van der Waals surface area contributed by atoms with Gasteiger partial charge < -0.3 is 9.47 Å². The van der Waals surface area contributed by atoms with E-state index in [4.69, 9.17) is 4.98 Å². The molecule has 0 saturated carbocycles. The Bertz CT molecular complexity index is 1150. The second-order valence-electron chi connectivity index (χ2n) is 8.21. The van der Waals surface area contributed by atoms with Gasteiger partial charge in [0.2, 0.25) is 0 Å². The van der Waals surface area contributed by atoms with Crippen molar-refractivity contribution in [3.8, 4) is 22.5 Å². The van der Waals surface area contributed by atoms with Gasteiger partial charge in [0.1, 0.15) is 11.6 Å². The molecule has 1 unspecified atom stereocenters. The molecule has 0 amide bonds. The zero-order valence-electron chi connectivity index (χ0n) is 17.6. The first kappa shape index (κ1) is 19.6. The summed E-state index contributed by atoms with van der Waals surface area (Å²) in [6.07, 6.45) is 5.65. The van der Waals surface area contributed by atoms with Crippen LogP contribution < -0.4 is 0 Å². The number of aryl methyl sites for hydroxylation is 1. The average Bonchev–Trinajstić information content (AvgIpc) is 3.35. The molecule has 5 heteroatoms. The fourth-order valence-electron chi connectivity index (χ4n) is 4.56. The van der Waals surface area contributed by atoms with Gasteiger partial charge in [-0.1, -0.05) is 30.3 Å². The molecule has 0 aliphatic carbocycles. The van der Waals surface area contributed by atoms with Crippen LogP contribution in [0.5, 0.6) is 0 Å². The Morgan fingerprint density at radius 3 is 2.45 bits per heavy atom. The first-order chi connectivity index (χ1) is 15.2. The molecule has 0 spiro atoms. The zero-order chi connectivity index (χ0) is 21.2. The van der Waals surface area contributed by atoms with Gasteiger partial charge in [0.15, 0.2) is 0 Å². The average molecular weight is 413 g/mol. The van der Waals surface area contributed by atoms with E-state index in [1.54, 1.807) is 0 Å². The van der Waals surface area contributed by atoms with Crippen LogP contribution in [-0.2, 0) is 13.0 Å². The molecule has 0 bridgehead atoms. The van der Waals surface area contributed by atoms with E-state index in [1.807, 2.05) is 36.7 Å². The number of aromatic nitrogens is 3. The van der Waals surface area contributed by atoms with Crippen molar-refractivity contribution in [1.29, 1.82) is 0 Å². The van der Waals surface area contributed by atoms with Gasteiger partial charge in [-0.2, -0.15) is 0 Å². The maximum Gasteiger partial charge on any atom is 0.123 e. The predicted molar refractivity (Wildman–Crippen MR) is 121 cm³/mol. The Hall–Kier alpha value is -3.31. The molecule has 0 fully saturated rings. The van der Waals surface area contributed by atoms with E-state index < -0.39 is 0 Å². The molecule has 2 aromatic heterocycles. The Balaban J connectivity index is 1.51. The molecule has 1 aliphatic heterocycles. The fraction of sp³-hybridized carbons (Fsp3) is 0.231. The Kier molecular flexibility index (Phi) is 5.35. The first-order valence-corrected chi connectivity index (χ1v) is 10.7. The van der Waals surface area contributed by atoms with E-state index in [2.05, 4.69) is 51.8 Å². The molecule has 1 aliphatic rings. The van der Waals surface area contributed by atoms with Crippen molar-refractivity contribution in [2.24, 2.45) is 0 Å². The van der Waals surface area contributed by atoms with Crippen LogP contribution in [0, 0.1) is 5.82 Å². The van der Waals surface area contributed by atoms with Gasteiger partial charge in [0, 0.05) is 49.1 Å². The highest BCUT2D eigenvalue weighted by atomic mass is 19.1. The van der Waals surface area contributed by atoms with Crippen molar-refractivity contribution in [3.05, 3.63) is 96.3 Å². The summed E-state index contributed by atoms with van der Waals surface area (Å²) in [6.45, 7) is 1.86. The van der Waals surface area contributed by atoms with Crippen molar-refractivity contribution in [2.75, 3.05) is 13.6 Å². The summed E-state index contributed by atoms with van der Waals surface area (Å²) in [5, 5.41) is 0. The third kappa shape index (κ3) is 4.01. The van der Waals surface area contributed by atoms with E-state index in [0.717, 1.165) is 54.3 Å². The van der Waals surface area contributed by atoms with Crippen molar-refractivity contribution in [3.63, 3.8) is 0 Å². The van der Waals surface area contributed by atoms with Crippen LogP contribution >= 0.6 is 0 Å². The number of imidazole rings is 1. The molecule has 4 aromatic rings. The molecule has 3 heterocycles. The molecule has 4 nitrogen and oxygen atoms in total. The minimum atomic E-state index is -0.235. The molecule has 0 N–H and O–H groups in total. The molecule has 5 rings (SSSR count). The number of nitrogens with zero attached hydrogens (tertiary/aromatic N) is 4. The third-order valence-corrected chi connectivity index (χ3v) is 5.94. The van der Waals surface area contributed by atoms with Gasteiger partial charge in [-0.15, -0.1) is 0 Å². The molecule has 31 heavy (non-hydrogen) atoms. The van der Waals surface area contributed by atoms with E-state index in [-0.39, 0.29) is 5.82 Å². The molecule has 1 atom stereocenters. The van der Waals surface area contributed by atoms with Crippen molar-refractivity contribution < 1.29 is 4.39 Å². The fourth-order valence-corrected chi connectivity index (χ4v) is 4.56. The summed E-state index contributed by atoms with van der Waals surface area (Å²) in [5.41, 5.74) is 5.35. The number of benzene rings is 2. The summed E-state index contributed by atoms with van der Waals surface area (Å²) in [6, 6.07) is 21.6. The summed E-state index contributed by atoms with van der Waals surface area (Å²) in [4.78, 5) is 11.6. The van der Waals surface area contributed by atoms with Crippen molar-refractivity contribution in [2.45, 2.75) is 25.4 Å². The maximum atomic E-state index is 13.5. The largest absolute Gasteiger partial charge is 0.323 e. The van der Waals surface area contributed by atoms with Gasteiger partial charge in [-0.05, 0) is 55.4 Å². The zero-order valence-corrected chi connectivity index (χ0v) is 17.6. The van der Waals surface area contributed by atoms with Crippen LogP contribution in [0.4, 0.5) is 4.39 Å². The van der Waals surface area contributed by atoms with E-state index >= 15 is 0 Å². The SMILES string of the molecule is CN(Cc1ccccc1)CC1CCc2nc(-c3ccc(F)cc3)c(-c3ccncc3)n21. The van der Waals surface area contributed by atoms with Gasteiger partial charge >= 0.3 is 0 Å². The Morgan fingerprint density at radius 1 is 0.968 bits per heavy atom. The van der Waals surface area contributed by atoms with Crippen LogP contribution in [0.15, 0.2) is 79.1 Å². The number of halogens is 1. The number of hydrogen-bond acceptors (Lipinski definition) is 3. The Labute approximate surface area is 182 Å². The van der Waals surface area contributed by atoms with Crippen LogP contribution in [0.1, 0.15) is 23.9 Å². The van der Waals surface area contributed by atoms with Crippen LogP contribution in [0.3, 0.4) is 0 Å². The maximum absolute atomic E-state index is 13.5. The van der Waals surface area contributed by atoms with Crippen LogP contribution in [0.2, 0.25) is 0 Å². The number of fused-ring (bicyclic) bond motifs is 1. The monoisotopic (exact) mass is 412 g/mol. The number of hydrogen-bond donors (Lipinski definition) is 0. The lowest BCUT2D eigenvalue weighted by Gasteiger charge is -2.24. The highest BCUT2D eigenvalue weighted by Crippen LogP contribution is 2.39. The topological polar surface area (TPSA) is 34.0 Å². The minimum Gasteiger partial charge on any atom is -0.323 e. The Morgan fingerprint density at radius 2 is 1.71 bits per heavy atom. The molecule has 0 radical (unpaired) electrons. The molecule has 156 valence electrons. The van der Waals surface area contributed by atoms with Gasteiger partial charge in [0.25, 0.3) is 0 Å². The second-order valence-corrected chi connectivity index (χ2v) is 8.21. The van der Waals surface area contributed by atoms with Crippen molar-refractivity contribution in [1.82, 2.24) is 19.4 Å². The van der Waals surface area contributed by atoms with E-state index in [1.165, 1.54) is 17.7 Å². The molecular formula is C26H25FN4. The van der Waals surface area contributed by atoms with Gasteiger partial charge in [-0.25, -0.2) is 9.37 Å². The second kappa shape index (κ2) is 8.44. The first-order valence-electron chi connectivity index (χ1n) is 10.7. The quantitative estimate of drug-likeness (QED) is 0.427. The highest BCUT2D eigenvalue weighted by molar-refractivity contribution is 5.79. The number of likely N-dealkylation sites (N-methyl/N-ethyl adjacent to an activating group) is 1. The van der Waals surface area contributed by atoms with Crippen LogP contribution in [0.25, 0.3) is 22.5 Å². The smallest absolute Gasteiger partial charge is 0.123 e. The van der Waals surface area contributed by atoms with Crippen LogP contribution in [-0.4, -0.2) is 33.0 Å². The molecule has 2 aromatic carbocycles. The molecular weight excluding hydrogens is 387 g/mol. The standard InChI is InChI=1S/C26H25FN4/c1-30(17-19-5-3-2-4-6-19)18-23-11-12-24-29-25(20-7-9-22(27)10-8-20)26(31(23)24)21-13-15-28-16-14-21/h2-10,13-16,23H,11-12,17-18H2,1H3. The number of rotatable bonds is 6. The summed E-state index contributed by atoms with van der Waals surface area (Å²) in [5.74, 6) is 0.866. The lowest BCUT2D eigenvalue weighted by atomic mass is 10.0.